The van der Waals surface area contributed by atoms with Crippen LogP contribution in [0.3, 0.4) is 0 Å². The number of rotatable bonds is 7. The molecule has 0 heterocycles. The van der Waals surface area contributed by atoms with Crippen molar-refractivity contribution in [1.82, 2.24) is 0 Å². The summed E-state index contributed by atoms with van der Waals surface area (Å²) in [7, 11) is 1.52. The van der Waals surface area contributed by atoms with Crippen molar-refractivity contribution in [1.29, 1.82) is 5.26 Å². The number of methoxy groups -OCH3 is 1. The van der Waals surface area contributed by atoms with Gasteiger partial charge in [-0.25, -0.2) is 4.79 Å². The number of hydrogen-bond donors (Lipinski definition) is 0. The fraction of sp³-hybridized carbons (Fsp3) is 0.238. The Morgan fingerprint density at radius 1 is 1.30 bits per heavy atom. The number of nitrogens with zero attached hydrogens (tertiary/aromatic N) is 1. The van der Waals surface area contributed by atoms with Gasteiger partial charge in [0, 0.05) is 6.08 Å². The minimum atomic E-state index is -0.505. The molecule has 0 fully saturated rings. The third kappa shape index (κ3) is 6.05. The van der Waals surface area contributed by atoms with E-state index in [0.29, 0.717) is 27.6 Å². The van der Waals surface area contributed by atoms with E-state index >= 15 is 0 Å². The molecule has 140 valence electrons. The molecule has 0 saturated heterocycles. The van der Waals surface area contributed by atoms with Crippen molar-refractivity contribution >= 4 is 23.6 Å². The molecule has 27 heavy (non-hydrogen) atoms. The van der Waals surface area contributed by atoms with Gasteiger partial charge in [-0.2, -0.15) is 5.26 Å². The summed E-state index contributed by atoms with van der Waals surface area (Å²) in [6.07, 6.45) is 2.84. The summed E-state index contributed by atoms with van der Waals surface area (Å²) in [6, 6.07) is 12.3. The van der Waals surface area contributed by atoms with E-state index in [0.717, 1.165) is 5.56 Å². The molecular weight excluding hydrogens is 366 g/mol. The molecule has 0 saturated carbocycles. The molecule has 6 heteroatoms. The number of ether oxygens (including phenoxy) is 3. The fourth-order valence-electron chi connectivity index (χ4n) is 2.28. The monoisotopic (exact) mass is 385 g/mol. The third-order valence-corrected chi connectivity index (χ3v) is 3.74. The Morgan fingerprint density at radius 3 is 2.74 bits per heavy atom. The number of halogens is 1. The van der Waals surface area contributed by atoms with Gasteiger partial charge in [0.2, 0.25) is 0 Å². The molecule has 0 spiro atoms. The standard InChI is InChI=1S/C21H20ClNO4/c1-14(2)27-21-18(22)10-15(11-19(21)25-3)7-8-20(24)26-13-17-6-4-5-16(9-17)12-23/h4-11,14H,13H2,1-3H3/b8-7+. The van der Waals surface area contributed by atoms with E-state index in [9.17, 15) is 4.79 Å². The zero-order valence-corrected chi connectivity index (χ0v) is 16.1. The van der Waals surface area contributed by atoms with Crippen LogP contribution in [0, 0.1) is 11.3 Å². The molecule has 2 aromatic rings. The van der Waals surface area contributed by atoms with Crippen LogP contribution in [0.4, 0.5) is 0 Å². The van der Waals surface area contributed by atoms with Gasteiger partial charge in [0.05, 0.1) is 29.9 Å². The van der Waals surface area contributed by atoms with Gasteiger partial charge in [-0.05, 0) is 55.3 Å². The highest BCUT2D eigenvalue weighted by Gasteiger charge is 2.13. The Morgan fingerprint density at radius 2 is 2.07 bits per heavy atom. The molecule has 0 bridgehead atoms. The van der Waals surface area contributed by atoms with E-state index in [1.54, 1.807) is 42.5 Å². The molecule has 0 N–H and O–H groups in total. The maximum atomic E-state index is 11.9. The minimum Gasteiger partial charge on any atom is -0.493 e. The van der Waals surface area contributed by atoms with Gasteiger partial charge >= 0.3 is 5.97 Å². The van der Waals surface area contributed by atoms with E-state index in [4.69, 9.17) is 31.1 Å². The SMILES string of the molecule is COc1cc(/C=C/C(=O)OCc2cccc(C#N)c2)cc(Cl)c1OC(C)C. The van der Waals surface area contributed by atoms with E-state index in [1.165, 1.54) is 13.2 Å². The first-order valence-corrected chi connectivity index (χ1v) is 8.68. The number of carbonyl (C=O) groups is 1. The number of esters is 1. The highest BCUT2D eigenvalue weighted by atomic mass is 35.5. The van der Waals surface area contributed by atoms with Gasteiger partial charge in [0.25, 0.3) is 0 Å². The van der Waals surface area contributed by atoms with Gasteiger partial charge in [0.15, 0.2) is 11.5 Å². The quantitative estimate of drug-likeness (QED) is 0.507. The summed E-state index contributed by atoms with van der Waals surface area (Å²) < 4.78 is 16.2. The summed E-state index contributed by atoms with van der Waals surface area (Å²) in [5.41, 5.74) is 1.94. The molecule has 0 aromatic heterocycles. The average molecular weight is 386 g/mol. The van der Waals surface area contributed by atoms with Crippen molar-refractivity contribution < 1.29 is 19.0 Å². The maximum Gasteiger partial charge on any atom is 0.331 e. The second-order valence-electron chi connectivity index (χ2n) is 5.95. The normalized spacial score (nSPS) is 10.7. The fourth-order valence-corrected chi connectivity index (χ4v) is 2.55. The van der Waals surface area contributed by atoms with Gasteiger partial charge < -0.3 is 14.2 Å². The molecule has 0 aliphatic heterocycles. The van der Waals surface area contributed by atoms with Crippen LogP contribution in [0.1, 0.15) is 30.5 Å². The zero-order chi connectivity index (χ0) is 19.8. The lowest BCUT2D eigenvalue weighted by atomic mass is 10.1. The molecule has 0 aliphatic carbocycles. The van der Waals surface area contributed by atoms with Crippen molar-refractivity contribution in [2.45, 2.75) is 26.6 Å². The first-order chi connectivity index (χ1) is 12.9. The van der Waals surface area contributed by atoms with Crippen molar-refractivity contribution in [3.05, 3.63) is 64.2 Å². The number of benzene rings is 2. The number of hydrogen-bond acceptors (Lipinski definition) is 5. The Bertz CT molecular complexity index is 884. The van der Waals surface area contributed by atoms with Crippen molar-refractivity contribution in [2.24, 2.45) is 0 Å². The molecule has 0 amide bonds. The van der Waals surface area contributed by atoms with Crippen LogP contribution in [-0.2, 0) is 16.1 Å². The largest absolute Gasteiger partial charge is 0.493 e. The molecule has 2 rings (SSSR count). The highest BCUT2D eigenvalue weighted by Crippen LogP contribution is 2.37. The lowest BCUT2D eigenvalue weighted by Crippen LogP contribution is -2.07. The van der Waals surface area contributed by atoms with Crippen molar-refractivity contribution in [3.8, 4) is 17.6 Å². The van der Waals surface area contributed by atoms with Crippen molar-refractivity contribution in [3.63, 3.8) is 0 Å². The first-order valence-electron chi connectivity index (χ1n) is 8.31. The maximum absolute atomic E-state index is 11.9. The van der Waals surface area contributed by atoms with Crippen LogP contribution in [0.25, 0.3) is 6.08 Å². The predicted octanol–water partition coefficient (Wildman–Crippen LogP) is 4.76. The lowest BCUT2D eigenvalue weighted by molar-refractivity contribution is -0.138. The summed E-state index contributed by atoms with van der Waals surface area (Å²) in [5.74, 6) is 0.443. The average Bonchev–Trinajstić information content (AvgIpc) is 2.66. The van der Waals surface area contributed by atoms with Gasteiger partial charge in [-0.3, -0.25) is 0 Å². The Kier molecular flexibility index (Phi) is 7.27. The van der Waals surface area contributed by atoms with Gasteiger partial charge in [-0.15, -0.1) is 0 Å². The first kappa shape index (κ1) is 20.3. The van der Waals surface area contributed by atoms with Crippen LogP contribution < -0.4 is 9.47 Å². The van der Waals surface area contributed by atoms with Crippen molar-refractivity contribution in [2.75, 3.05) is 7.11 Å². The second-order valence-corrected chi connectivity index (χ2v) is 6.36. The van der Waals surface area contributed by atoms with Crippen LogP contribution in [0.5, 0.6) is 11.5 Å². The topological polar surface area (TPSA) is 68.5 Å². The summed E-state index contributed by atoms with van der Waals surface area (Å²) in [6.45, 7) is 3.88. The summed E-state index contributed by atoms with van der Waals surface area (Å²) >= 11 is 6.26. The van der Waals surface area contributed by atoms with E-state index in [-0.39, 0.29) is 12.7 Å². The molecule has 0 aliphatic rings. The molecule has 5 nitrogen and oxygen atoms in total. The smallest absolute Gasteiger partial charge is 0.331 e. The Balaban J connectivity index is 2.05. The molecular formula is C21H20ClNO4. The lowest BCUT2D eigenvalue weighted by Gasteiger charge is -2.15. The molecule has 0 unspecified atom stereocenters. The van der Waals surface area contributed by atoms with Gasteiger partial charge in [0.1, 0.15) is 6.61 Å². The Labute approximate surface area is 163 Å². The minimum absolute atomic E-state index is 0.0488. The van der Waals surface area contributed by atoms with Crippen LogP contribution in [0.15, 0.2) is 42.5 Å². The molecule has 0 radical (unpaired) electrons. The van der Waals surface area contributed by atoms with Crippen LogP contribution in [0.2, 0.25) is 5.02 Å². The third-order valence-electron chi connectivity index (χ3n) is 3.45. The van der Waals surface area contributed by atoms with E-state index < -0.39 is 5.97 Å². The predicted molar refractivity (Wildman–Crippen MR) is 104 cm³/mol. The summed E-state index contributed by atoms with van der Waals surface area (Å²) in [5, 5.41) is 9.28. The molecule has 0 atom stereocenters. The Hall–Kier alpha value is -2.97. The van der Waals surface area contributed by atoms with Crippen LogP contribution >= 0.6 is 11.6 Å². The van der Waals surface area contributed by atoms with E-state index in [2.05, 4.69) is 0 Å². The highest BCUT2D eigenvalue weighted by molar-refractivity contribution is 6.32. The van der Waals surface area contributed by atoms with E-state index in [1.807, 2.05) is 19.9 Å². The van der Waals surface area contributed by atoms with Crippen LogP contribution in [-0.4, -0.2) is 19.2 Å². The second kappa shape index (κ2) is 9.65. The zero-order valence-electron chi connectivity index (χ0n) is 15.4. The summed E-state index contributed by atoms with van der Waals surface area (Å²) in [4.78, 5) is 11.9. The molecule has 2 aromatic carbocycles. The number of nitriles is 1. The van der Waals surface area contributed by atoms with Gasteiger partial charge in [-0.1, -0.05) is 23.7 Å². The number of carbonyl (C=O) groups excluding carboxylic acids is 1.